The Morgan fingerprint density at radius 1 is 1.03 bits per heavy atom. The topological polar surface area (TPSA) is 66.6 Å². The zero-order chi connectivity index (χ0) is 20.8. The van der Waals surface area contributed by atoms with Crippen molar-refractivity contribution in [3.63, 3.8) is 0 Å². The molecule has 1 unspecified atom stereocenters. The first-order valence-corrected chi connectivity index (χ1v) is 10.6. The van der Waals surface area contributed by atoms with Crippen LogP contribution in [0.2, 0.25) is 0 Å². The number of benzene rings is 2. The van der Waals surface area contributed by atoms with Gasteiger partial charge < -0.3 is 10.6 Å². The second-order valence-electron chi connectivity index (χ2n) is 7.38. The summed E-state index contributed by atoms with van der Waals surface area (Å²) >= 11 is 0. The fourth-order valence-electron chi connectivity index (χ4n) is 3.58. The number of hydrogen-bond donors (Lipinski definition) is 2. The number of aliphatic imine (C=N–C) groups is 1. The van der Waals surface area contributed by atoms with E-state index >= 15 is 0 Å². The zero-order valence-corrected chi connectivity index (χ0v) is 20.3. The van der Waals surface area contributed by atoms with E-state index in [4.69, 9.17) is 4.99 Å². The normalized spacial score (nSPS) is 12.5. The Labute approximate surface area is 200 Å². The van der Waals surface area contributed by atoms with Crippen molar-refractivity contribution in [3.05, 3.63) is 78.2 Å². The van der Waals surface area contributed by atoms with Gasteiger partial charge >= 0.3 is 0 Å². The lowest BCUT2D eigenvalue weighted by atomic mass is 10.0. The third kappa shape index (κ3) is 5.72. The summed E-state index contributed by atoms with van der Waals surface area (Å²) in [4.78, 5) is 4.76. The van der Waals surface area contributed by atoms with Gasteiger partial charge in [-0.15, -0.1) is 34.2 Å². The van der Waals surface area contributed by atoms with Gasteiger partial charge in [0.1, 0.15) is 5.82 Å². The molecule has 162 valence electrons. The smallest absolute Gasteiger partial charge is 0.191 e. The Morgan fingerprint density at radius 2 is 1.84 bits per heavy atom. The SMILES string of the molecule is CCNC(=NCCCc1nnc2ccccn12)NC(C)c1ccc2ccccc2c1.I. The summed E-state index contributed by atoms with van der Waals surface area (Å²) in [5, 5.41) is 17.9. The lowest BCUT2D eigenvalue weighted by Crippen LogP contribution is -2.38. The van der Waals surface area contributed by atoms with E-state index in [2.05, 4.69) is 77.1 Å². The van der Waals surface area contributed by atoms with Crippen molar-refractivity contribution in [3.8, 4) is 0 Å². The molecule has 2 aromatic heterocycles. The molecule has 4 rings (SSSR count). The minimum Gasteiger partial charge on any atom is -0.357 e. The highest BCUT2D eigenvalue weighted by Gasteiger charge is 2.09. The van der Waals surface area contributed by atoms with Crippen LogP contribution >= 0.6 is 24.0 Å². The van der Waals surface area contributed by atoms with Crippen LogP contribution < -0.4 is 10.6 Å². The average molecular weight is 528 g/mol. The standard InChI is InChI=1S/C24H28N6.HI/c1-3-25-24(26-15-8-12-23-29-28-22-11-6-7-16-30(22)23)27-18(2)20-14-13-19-9-4-5-10-21(19)17-20;/h4-7,9-11,13-14,16-18H,3,8,12,15H2,1-2H3,(H2,25,26,27);1H. The molecule has 4 aromatic rings. The van der Waals surface area contributed by atoms with Gasteiger partial charge in [0.15, 0.2) is 11.6 Å². The lowest BCUT2D eigenvalue weighted by molar-refractivity contribution is 0.682. The van der Waals surface area contributed by atoms with Gasteiger partial charge in [-0.25, -0.2) is 0 Å². The summed E-state index contributed by atoms with van der Waals surface area (Å²) in [5.74, 6) is 1.81. The van der Waals surface area contributed by atoms with Gasteiger partial charge in [-0.2, -0.15) is 0 Å². The van der Waals surface area contributed by atoms with E-state index < -0.39 is 0 Å². The molecule has 2 aromatic carbocycles. The van der Waals surface area contributed by atoms with Crippen molar-refractivity contribution in [2.75, 3.05) is 13.1 Å². The number of fused-ring (bicyclic) bond motifs is 2. The highest BCUT2D eigenvalue weighted by atomic mass is 127. The van der Waals surface area contributed by atoms with E-state index in [0.717, 1.165) is 43.4 Å². The fourth-order valence-corrected chi connectivity index (χ4v) is 3.58. The van der Waals surface area contributed by atoms with E-state index in [1.807, 2.05) is 28.8 Å². The van der Waals surface area contributed by atoms with Gasteiger partial charge in [-0.3, -0.25) is 9.39 Å². The molecule has 2 N–H and O–H groups in total. The number of aryl methyl sites for hydroxylation is 1. The third-order valence-corrected chi connectivity index (χ3v) is 5.18. The number of rotatable bonds is 7. The van der Waals surface area contributed by atoms with Crippen molar-refractivity contribution in [1.29, 1.82) is 0 Å². The first kappa shape index (κ1) is 23.0. The van der Waals surface area contributed by atoms with Crippen molar-refractivity contribution in [2.45, 2.75) is 32.7 Å². The van der Waals surface area contributed by atoms with Gasteiger partial charge in [0.05, 0.1) is 6.04 Å². The molecule has 6 nitrogen and oxygen atoms in total. The molecule has 0 aliphatic rings. The number of nitrogens with one attached hydrogen (secondary N) is 2. The van der Waals surface area contributed by atoms with Crippen molar-refractivity contribution in [1.82, 2.24) is 25.2 Å². The summed E-state index contributed by atoms with van der Waals surface area (Å²) in [6, 6.07) is 21.1. The molecule has 0 spiro atoms. The van der Waals surface area contributed by atoms with E-state index in [1.54, 1.807) is 0 Å². The van der Waals surface area contributed by atoms with E-state index in [9.17, 15) is 0 Å². The molecule has 0 saturated carbocycles. The maximum Gasteiger partial charge on any atom is 0.191 e. The Balaban J connectivity index is 0.00000272. The van der Waals surface area contributed by atoms with E-state index in [1.165, 1.54) is 16.3 Å². The van der Waals surface area contributed by atoms with Crippen LogP contribution in [0.5, 0.6) is 0 Å². The van der Waals surface area contributed by atoms with Crippen LogP contribution in [0, 0.1) is 0 Å². The molecular formula is C24H29IN6. The van der Waals surface area contributed by atoms with Gasteiger partial charge in [-0.1, -0.05) is 42.5 Å². The first-order valence-electron chi connectivity index (χ1n) is 10.6. The van der Waals surface area contributed by atoms with E-state index in [-0.39, 0.29) is 30.0 Å². The highest BCUT2D eigenvalue weighted by Crippen LogP contribution is 2.20. The van der Waals surface area contributed by atoms with Crippen LogP contribution in [-0.2, 0) is 6.42 Å². The molecule has 0 fully saturated rings. The third-order valence-electron chi connectivity index (χ3n) is 5.18. The molecule has 2 heterocycles. The molecule has 0 aliphatic carbocycles. The quantitative estimate of drug-likeness (QED) is 0.157. The van der Waals surface area contributed by atoms with Crippen molar-refractivity contribution < 1.29 is 0 Å². The minimum absolute atomic E-state index is 0. The lowest BCUT2D eigenvalue weighted by Gasteiger charge is -2.18. The molecular weight excluding hydrogens is 499 g/mol. The van der Waals surface area contributed by atoms with Crippen LogP contribution in [0.4, 0.5) is 0 Å². The van der Waals surface area contributed by atoms with Crippen molar-refractivity contribution >= 4 is 46.4 Å². The first-order chi connectivity index (χ1) is 14.7. The summed E-state index contributed by atoms with van der Waals surface area (Å²) in [5.41, 5.74) is 2.13. The minimum atomic E-state index is 0. The van der Waals surface area contributed by atoms with Crippen LogP contribution in [-0.4, -0.2) is 33.6 Å². The second kappa shape index (κ2) is 11.1. The van der Waals surface area contributed by atoms with Crippen LogP contribution in [0.15, 0.2) is 71.9 Å². The number of pyridine rings is 1. The molecule has 0 amide bonds. The molecule has 7 heteroatoms. The fraction of sp³-hybridized carbons (Fsp3) is 0.292. The summed E-state index contributed by atoms with van der Waals surface area (Å²) in [6.45, 7) is 5.80. The monoisotopic (exact) mass is 528 g/mol. The van der Waals surface area contributed by atoms with Gasteiger partial charge in [0.2, 0.25) is 0 Å². The summed E-state index contributed by atoms with van der Waals surface area (Å²) in [7, 11) is 0. The predicted molar refractivity (Wildman–Crippen MR) is 138 cm³/mol. The molecule has 1 atom stereocenters. The Bertz CT molecular complexity index is 1150. The maximum absolute atomic E-state index is 4.76. The summed E-state index contributed by atoms with van der Waals surface area (Å²) < 4.78 is 2.04. The molecule has 0 radical (unpaired) electrons. The average Bonchev–Trinajstić information content (AvgIpc) is 3.19. The van der Waals surface area contributed by atoms with Crippen LogP contribution in [0.3, 0.4) is 0 Å². The Hall–Kier alpha value is -2.68. The number of hydrogen-bond acceptors (Lipinski definition) is 3. The van der Waals surface area contributed by atoms with Crippen LogP contribution in [0.25, 0.3) is 16.4 Å². The number of aromatic nitrogens is 3. The summed E-state index contributed by atoms with van der Waals surface area (Å²) in [6.07, 6.45) is 3.76. The largest absolute Gasteiger partial charge is 0.357 e. The predicted octanol–water partition coefficient (Wildman–Crippen LogP) is 4.75. The zero-order valence-electron chi connectivity index (χ0n) is 18.0. The van der Waals surface area contributed by atoms with E-state index in [0.29, 0.717) is 0 Å². The second-order valence-corrected chi connectivity index (χ2v) is 7.38. The number of nitrogens with zero attached hydrogens (tertiary/aromatic N) is 4. The van der Waals surface area contributed by atoms with Gasteiger partial charge in [0.25, 0.3) is 0 Å². The molecule has 0 saturated heterocycles. The number of guanidine groups is 1. The molecule has 0 bridgehead atoms. The van der Waals surface area contributed by atoms with Crippen LogP contribution in [0.1, 0.15) is 37.7 Å². The Morgan fingerprint density at radius 3 is 2.68 bits per heavy atom. The Kier molecular flexibility index (Phi) is 8.22. The van der Waals surface area contributed by atoms with Crippen molar-refractivity contribution in [2.24, 2.45) is 4.99 Å². The van der Waals surface area contributed by atoms with Gasteiger partial charge in [-0.05, 0) is 54.8 Å². The molecule has 31 heavy (non-hydrogen) atoms. The highest BCUT2D eigenvalue weighted by molar-refractivity contribution is 14.0. The molecule has 0 aliphatic heterocycles. The van der Waals surface area contributed by atoms with Gasteiger partial charge in [0, 0.05) is 25.7 Å². The number of halogens is 1. The maximum atomic E-state index is 4.76.